The van der Waals surface area contributed by atoms with Gasteiger partial charge in [-0.05, 0) is 31.0 Å². The second-order valence-electron chi connectivity index (χ2n) is 7.59. The number of nitrogens with one attached hydrogen (secondary N) is 2. The van der Waals surface area contributed by atoms with Gasteiger partial charge in [0.25, 0.3) is 0 Å². The lowest BCUT2D eigenvalue weighted by Gasteiger charge is -2.20. The molecule has 1 aromatic heterocycles. The number of thiazole rings is 1. The highest BCUT2D eigenvalue weighted by Crippen LogP contribution is 2.27. The number of hydrogen-bond acceptors (Lipinski definition) is 5. The number of hydrogen-bond donors (Lipinski definition) is 2. The summed E-state index contributed by atoms with van der Waals surface area (Å²) in [5, 5.41) is 8.44. The number of thioether (sulfide) groups is 1. The van der Waals surface area contributed by atoms with Gasteiger partial charge in [0.15, 0.2) is 5.13 Å². The third-order valence-electron chi connectivity index (χ3n) is 5.27. The molecule has 2 aromatic carbocycles. The Morgan fingerprint density at radius 3 is 2.61 bits per heavy atom. The van der Waals surface area contributed by atoms with Crippen molar-refractivity contribution >= 4 is 45.7 Å². The summed E-state index contributed by atoms with van der Waals surface area (Å²) in [6, 6.07) is 17.6. The zero-order valence-electron chi connectivity index (χ0n) is 17.2. The molecule has 31 heavy (non-hydrogen) atoms. The van der Waals surface area contributed by atoms with E-state index in [0.29, 0.717) is 5.13 Å². The van der Waals surface area contributed by atoms with Crippen molar-refractivity contribution in [2.45, 2.75) is 37.0 Å². The summed E-state index contributed by atoms with van der Waals surface area (Å²) < 4.78 is 0. The Hall–Kier alpha value is -2.64. The highest BCUT2D eigenvalue weighted by molar-refractivity contribution is 8.00. The molecule has 0 bridgehead atoms. The third kappa shape index (κ3) is 6.18. The largest absolute Gasteiger partial charge is 0.326 e. The Morgan fingerprint density at radius 2 is 1.81 bits per heavy atom. The van der Waals surface area contributed by atoms with Crippen molar-refractivity contribution < 1.29 is 9.59 Å². The molecule has 3 aromatic rings. The average Bonchev–Trinajstić information content (AvgIpc) is 3.27. The first-order valence-electron chi connectivity index (χ1n) is 10.5. The Balaban J connectivity index is 1.28. The van der Waals surface area contributed by atoms with Gasteiger partial charge in [0.2, 0.25) is 11.8 Å². The van der Waals surface area contributed by atoms with Crippen molar-refractivity contribution in [2.75, 3.05) is 16.4 Å². The Morgan fingerprint density at radius 1 is 1.00 bits per heavy atom. The van der Waals surface area contributed by atoms with Gasteiger partial charge in [-0.15, -0.1) is 23.1 Å². The lowest BCUT2D eigenvalue weighted by atomic mass is 9.88. The summed E-state index contributed by atoms with van der Waals surface area (Å²) >= 11 is 2.86. The molecular formula is C24H25N3O2S2. The molecule has 0 aliphatic heterocycles. The number of benzene rings is 2. The molecule has 1 heterocycles. The maximum atomic E-state index is 12.5. The molecule has 1 aliphatic rings. The van der Waals surface area contributed by atoms with E-state index in [1.54, 1.807) is 0 Å². The number of aromatic nitrogens is 1. The van der Waals surface area contributed by atoms with Gasteiger partial charge >= 0.3 is 0 Å². The molecule has 4 rings (SSSR count). The van der Waals surface area contributed by atoms with Crippen LogP contribution in [-0.2, 0) is 9.59 Å². The van der Waals surface area contributed by atoms with Crippen LogP contribution in [0.2, 0.25) is 0 Å². The fourth-order valence-electron chi connectivity index (χ4n) is 3.65. The van der Waals surface area contributed by atoms with Crippen molar-refractivity contribution in [3.63, 3.8) is 0 Å². The van der Waals surface area contributed by atoms with Gasteiger partial charge in [-0.1, -0.05) is 55.7 Å². The lowest BCUT2D eigenvalue weighted by molar-refractivity contribution is -0.120. The van der Waals surface area contributed by atoms with Gasteiger partial charge in [0.05, 0.1) is 11.4 Å². The molecule has 7 heteroatoms. The van der Waals surface area contributed by atoms with Crippen LogP contribution in [0, 0.1) is 5.92 Å². The molecule has 1 saturated carbocycles. The van der Waals surface area contributed by atoms with Gasteiger partial charge in [-0.2, -0.15) is 0 Å². The minimum atomic E-state index is -0.101. The lowest BCUT2D eigenvalue weighted by Crippen LogP contribution is -2.24. The number of amides is 2. The Labute approximate surface area is 190 Å². The Kier molecular flexibility index (Phi) is 7.38. The number of anilines is 2. The molecule has 5 nitrogen and oxygen atoms in total. The summed E-state index contributed by atoms with van der Waals surface area (Å²) in [5.41, 5.74) is 2.67. The summed E-state index contributed by atoms with van der Waals surface area (Å²) in [6.07, 6.45) is 5.45. The molecule has 0 unspecified atom stereocenters. The highest BCUT2D eigenvalue weighted by atomic mass is 32.2. The van der Waals surface area contributed by atoms with Crippen molar-refractivity contribution in [3.8, 4) is 11.3 Å². The van der Waals surface area contributed by atoms with Crippen LogP contribution in [0.3, 0.4) is 0 Å². The summed E-state index contributed by atoms with van der Waals surface area (Å²) in [7, 11) is 0. The molecule has 0 saturated heterocycles. The smallest absolute Gasteiger partial charge is 0.236 e. The highest BCUT2D eigenvalue weighted by Gasteiger charge is 2.21. The first-order chi connectivity index (χ1) is 15.2. The number of carbonyl (C=O) groups excluding carboxylic acids is 2. The van der Waals surface area contributed by atoms with E-state index in [4.69, 9.17) is 0 Å². The molecule has 0 radical (unpaired) electrons. The maximum Gasteiger partial charge on any atom is 0.236 e. The number of rotatable bonds is 7. The van der Waals surface area contributed by atoms with E-state index in [9.17, 15) is 9.59 Å². The van der Waals surface area contributed by atoms with Gasteiger partial charge in [-0.25, -0.2) is 4.98 Å². The van der Waals surface area contributed by atoms with Crippen molar-refractivity contribution in [1.82, 2.24) is 4.98 Å². The molecule has 2 N–H and O–H groups in total. The van der Waals surface area contributed by atoms with Gasteiger partial charge in [0, 0.05) is 27.4 Å². The molecule has 2 amide bonds. The fourth-order valence-corrected chi connectivity index (χ4v) is 5.14. The first-order valence-corrected chi connectivity index (χ1v) is 12.4. The van der Waals surface area contributed by atoms with Gasteiger partial charge in [-0.3, -0.25) is 9.59 Å². The molecule has 1 aliphatic carbocycles. The summed E-state index contributed by atoms with van der Waals surface area (Å²) in [6.45, 7) is 0. The zero-order valence-corrected chi connectivity index (χ0v) is 18.8. The second kappa shape index (κ2) is 10.6. The predicted octanol–water partition coefficient (Wildman–Crippen LogP) is 6.06. The van der Waals surface area contributed by atoms with E-state index < -0.39 is 0 Å². The third-order valence-corrected chi connectivity index (χ3v) is 7.02. The normalized spacial score (nSPS) is 14.2. The molecule has 0 atom stereocenters. The minimum Gasteiger partial charge on any atom is -0.326 e. The van der Waals surface area contributed by atoms with Crippen molar-refractivity contribution in [1.29, 1.82) is 0 Å². The molecule has 1 fully saturated rings. The predicted molar refractivity (Wildman–Crippen MR) is 129 cm³/mol. The van der Waals surface area contributed by atoms with E-state index in [-0.39, 0.29) is 23.5 Å². The van der Waals surface area contributed by atoms with E-state index in [0.717, 1.165) is 47.5 Å². The van der Waals surface area contributed by atoms with Crippen LogP contribution >= 0.6 is 23.1 Å². The van der Waals surface area contributed by atoms with E-state index in [1.165, 1.54) is 29.5 Å². The van der Waals surface area contributed by atoms with E-state index in [2.05, 4.69) is 15.6 Å². The standard InChI is InChI=1S/C24H25N3O2S2/c28-22(27-24-26-21(15-31-24)17-8-3-1-4-9-17)16-30-20-13-7-12-19(14-20)25-23(29)18-10-5-2-6-11-18/h1,3-4,7-9,12-15,18H,2,5-6,10-11,16H2,(H,25,29)(H,26,27,28). The summed E-state index contributed by atoms with van der Waals surface area (Å²) in [4.78, 5) is 30.3. The fraction of sp³-hybridized carbons (Fsp3) is 0.292. The van der Waals surface area contributed by atoms with E-state index in [1.807, 2.05) is 60.0 Å². The van der Waals surface area contributed by atoms with Crippen molar-refractivity contribution in [2.24, 2.45) is 5.92 Å². The van der Waals surface area contributed by atoms with Crippen LogP contribution in [-0.4, -0.2) is 22.6 Å². The molecule has 160 valence electrons. The number of carbonyl (C=O) groups is 2. The van der Waals surface area contributed by atoms with E-state index >= 15 is 0 Å². The van der Waals surface area contributed by atoms with Crippen LogP contribution in [0.1, 0.15) is 32.1 Å². The van der Waals surface area contributed by atoms with Gasteiger partial charge in [0.1, 0.15) is 0 Å². The quantitative estimate of drug-likeness (QED) is 0.428. The molecule has 0 spiro atoms. The van der Waals surface area contributed by atoms with Crippen molar-refractivity contribution in [3.05, 3.63) is 60.0 Å². The van der Waals surface area contributed by atoms with Crippen LogP contribution < -0.4 is 10.6 Å². The van der Waals surface area contributed by atoms with Crippen LogP contribution in [0.5, 0.6) is 0 Å². The van der Waals surface area contributed by atoms with Crippen LogP contribution in [0.25, 0.3) is 11.3 Å². The summed E-state index contributed by atoms with van der Waals surface area (Å²) in [5.74, 6) is 0.406. The maximum absolute atomic E-state index is 12.5. The zero-order chi connectivity index (χ0) is 21.5. The minimum absolute atomic E-state index is 0.101. The SMILES string of the molecule is O=C(CSc1cccc(NC(=O)C2CCCCC2)c1)Nc1nc(-c2ccccc2)cs1. The molecular weight excluding hydrogens is 426 g/mol. The monoisotopic (exact) mass is 451 g/mol. The topological polar surface area (TPSA) is 71.1 Å². The van der Waals surface area contributed by atoms with Crippen LogP contribution in [0.15, 0.2) is 64.9 Å². The van der Waals surface area contributed by atoms with Crippen LogP contribution in [0.4, 0.5) is 10.8 Å². The number of nitrogens with zero attached hydrogens (tertiary/aromatic N) is 1. The second-order valence-corrected chi connectivity index (χ2v) is 9.50. The Bertz CT molecular complexity index is 1030. The first kappa shape index (κ1) is 21.6. The van der Waals surface area contributed by atoms with Gasteiger partial charge < -0.3 is 10.6 Å². The average molecular weight is 452 g/mol.